The number of carbonyl (C=O) groups excluding carboxylic acids is 2. The summed E-state index contributed by atoms with van der Waals surface area (Å²) in [5.41, 5.74) is 1.10. The number of piperazine rings is 2. The van der Waals surface area contributed by atoms with Crippen molar-refractivity contribution in [3.8, 4) is 0 Å². The third kappa shape index (κ3) is 4.79. The summed E-state index contributed by atoms with van der Waals surface area (Å²) < 4.78 is 5.44. The van der Waals surface area contributed by atoms with Crippen LogP contribution in [0, 0.1) is 6.92 Å². The maximum absolute atomic E-state index is 12.8. The Morgan fingerprint density at radius 1 is 0.933 bits per heavy atom. The fourth-order valence-corrected chi connectivity index (χ4v) is 4.18. The van der Waals surface area contributed by atoms with Crippen LogP contribution in [0.3, 0.4) is 0 Å². The molecular formula is C22H27ClN4O3. The molecule has 2 aromatic rings. The van der Waals surface area contributed by atoms with Crippen LogP contribution in [-0.2, 0) is 4.79 Å². The lowest BCUT2D eigenvalue weighted by molar-refractivity contribution is -0.133. The number of carbonyl (C=O) groups is 2. The monoisotopic (exact) mass is 430 g/mol. The van der Waals surface area contributed by atoms with Gasteiger partial charge in [-0.25, -0.2) is 0 Å². The van der Waals surface area contributed by atoms with E-state index in [1.165, 1.54) is 0 Å². The predicted octanol–water partition coefficient (Wildman–Crippen LogP) is 2.35. The van der Waals surface area contributed by atoms with Gasteiger partial charge >= 0.3 is 0 Å². The second kappa shape index (κ2) is 9.10. The molecule has 3 heterocycles. The van der Waals surface area contributed by atoms with Crippen molar-refractivity contribution in [2.45, 2.75) is 6.92 Å². The summed E-state index contributed by atoms with van der Waals surface area (Å²) in [5.74, 6) is 1.20. The first kappa shape index (κ1) is 20.8. The number of nitrogens with zero attached hydrogens (tertiary/aromatic N) is 4. The number of hydrogen-bond acceptors (Lipinski definition) is 5. The van der Waals surface area contributed by atoms with Crippen LogP contribution in [-0.4, -0.2) is 85.4 Å². The zero-order valence-corrected chi connectivity index (χ0v) is 18.0. The Hall–Kier alpha value is -2.51. The fraction of sp³-hybridized carbons (Fsp3) is 0.455. The third-order valence-electron chi connectivity index (χ3n) is 5.78. The van der Waals surface area contributed by atoms with Crippen LogP contribution in [0.1, 0.15) is 16.3 Å². The summed E-state index contributed by atoms with van der Waals surface area (Å²) in [7, 11) is 0. The van der Waals surface area contributed by atoms with Crippen molar-refractivity contribution in [2.75, 3.05) is 63.8 Å². The Morgan fingerprint density at radius 3 is 2.27 bits per heavy atom. The second-order valence-corrected chi connectivity index (χ2v) is 8.26. The van der Waals surface area contributed by atoms with E-state index in [-0.39, 0.29) is 11.8 Å². The summed E-state index contributed by atoms with van der Waals surface area (Å²) in [6.07, 6.45) is 0. The topological polar surface area (TPSA) is 60.2 Å². The Balaban J connectivity index is 1.22. The highest BCUT2D eigenvalue weighted by atomic mass is 35.5. The van der Waals surface area contributed by atoms with Crippen molar-refractivity contribution in [1.29, 1.82) is 0 Å². The molecule has 2 saturated heterocycles. The Labute approximate surface area is 181 Å². The molecule has 0 radical (unpaired) electrons. The van der Waals surface area contributed by atoms with E-state index in [0.717, 1.165) is 29.6 Å². The fourth-order valence-electron chi connectivity index (χ4n) is 3.99. The Bertz CT molecular complexity index is 899. The molecule has 0 aliphatic carbocycles. The van der Waals surface area contributed by atoms with Crippen LogP contribution in [0.2, 0.25) is 5.02 Å². The number of aryl methyl sites for hydroxylation is 1. The van der Waals surface area contributed by atoms with E-state index in [2.05, 4.69) is 9.80 Å². The van der Waals surface area contributed by atoms with Gasteiger partial charge in [-0.3, -0.25) is 14.5 Å². The largest absolute Gasteiger partial charge is 0.456 e. The van der Waals surface area contributed by atoms with E-state index in [4.69, 9.17) is 16.0 Å². The van der Waals surface area contributed by atoms with Gasteiger partial charge in [0.1, 0.15) is 5.76 Å². The molecule has 0 N–H and O–H groups in total. The zero-order chi connectivity index (χ0) is 21.1. The number of hydrogen-bond donors (Lipinski definition) is 0. The van der Waals surface area contributed by atoms with E-state index in [9.17, 15) is 9.59 Å². The van der Waals surface area contributed by atoms with Gasteiger partial charge in [0.05, 0.1) is 6.54 Å². The van der Waals surface area contributed by atoms with Gasteiger partial charge in [0, 0.05) is 63.1 Å². The van der Waals surface area contributed by atoms with E-state index in [0.29, 0.717) is 51.6 Å². The first-order valence-corrected chi connectivity index (χ1v) is 10.7. The van der Waals surface area contributed by atoms with Crippen LogP contribution in [0.4, 0.5) is 5.69 Å². The average molecular weight is 431 g/mol. The second-order valence-electron chi connectivity index (χ2n) is 7.83. The molecule has 2 aliphatic heterocycles. The number of furan rings is 1. The predicted molar refractivity (Wildman–Crippen MR) is 116 cm³/mol. The van der Waals surface area contributed by atoms with Crippen LogP contribution < -0.4 is 4.90 Å². The van der Waals surface area contributed by atoms with Crippen molar-refractivity contribution in [3.05, 3.63) is 52.9 Å². The van der Waals surface area contributed by atoms with Crippen molar-refractivity contribution in [1.82, 2.24) is 14.7 Å². The Morgan fingerprint density at radius 2 is 1.63 bits per heavy atom. The zero-order valence-electron chi connectivity index (χ0n) is 17.2. The molecule has 0 unspecified atom stereocenters. The van der Waals surface area contributed by atoms with Crippen LogP contribution in [0.15, 0.2) is 40.8 Å². The van der Waals surface area contributed by atoms with Gasteiger partial charge in [-0.1, -0.05) is 17.7 Å². The quantitative estimate of drug-likeness (QED) is 0.745. The minimum Gasteiger partial charge on any atom is -0.456 e. The average Bonchev–Trinajstić information content (AvgIpc) is 3.20. The molecule has 1 aromatic carbocycles. The lowest BCUT2D eigenvalue weighted by atomic mass is 10.2. The number of anilines is 1. The Kier molecular flexibility index (Phi) is 6.29. The minimum absolute atomic E-state index is 0.0776. The molecule has 1 aromatic heterocycles. The van der Waals surface area contributed by atoms with Crippen molar-refractivity contribution >= 4 is 29.1 Å². The normalized spacial score (nSPS) is 18.0. The van der Waals surface area contributed by atoms with Crippen molar-refractivity contribution in [3.63, 3.8) is 0 Å². The lowest BCUT2D eigenvalue weighted by Gasteiger charge is -2.38. The van der Waals surface area contributed by atoms with Crippen LogP contribution in [0.5, 0.6) is 0 Å². The molecule has 0 spiro atoms. The van der Waals surface area contributed by atoms with Gasteiger partial charge in [0.25, 0.3) is 5.91 Å². The smallest absolute Gasteiger partial charge is 0.289 e. The molecule has 160 valence electrons. The molecule has 0 atom stereocenters. The molecule has 2 amide bonds. The van der Waals surface area contributed by atoms with Gasteiger partial charge in [-0.2, -0.15) is 0 Å². The van der Waals surface area contributed by atoms with E-state index < -0.39 is 0 Å². The van der Waals surface area contributed by atoms with Crippen LogP contribution in [0.25, 0.3) is 0 Å². The molecule has 0 bridgehead atoms. The number of halogens is 1. The molecule has 8 heteroatoms. The van der Waals surface area contributed by atoms with Crippen LogP contribution >= 0.6 is 11.6 Å². The maximum Gasteiger partial charge on any atom is 0.289 e. The molecule has 7 nitrogen and oxygen atoms in total. The summed E-state index contributed by atoms with van der Waals surface area (Å²) in [5, 5.41) is 0.728. The van der Waals surface area contributed by atoms with Crippen molar-refractivity contribution in [2.24, 2.45) is 0 Å². The standard InChI is InChI=1S/C22H27ClN4O3/c1-17-5-6-20(30-17)22(29)27-9-7-24(8-10-27)16-21(28)26-13-11-25(12-14-26)19-4-2-3-18(23)15-19/h2-6,15H,7-14,16H2,1H3. The lowest BCUT2D eigenvalue weighted by Crippen LogP contribution is -2.54. The number of benzene rings is 1. The van der Waals surface area contributed by atoms with Gasteiger partial charge < -0.3 is 19.1 Å². The first-order chi connectivity index (χ1) is 14.5. The SMILES string of the molecule is Cc1ccc(C(=O)N2CCN(CC(=O)N3CCN(c4cccc(Cl)c4)CC3)CC2)o1. The van der Waals surface area contributed by atoms with E-state index >= 15 is 0 Å². The summed E-state index contributed by atoms with van der Waals surface area (Å²) in [6, 6.07) is 11.4. The molecule has 2 aliphatic rings. The molecule has 30 heavy (non-hydrogen) atoms. The van der Waals surface area contributed by atoms with Gasteiger partial charge in [0.15, 0.2) is 5.76 Å². The minimum atomic E-state index is -0.0776. The highest BCUT2D eigenvalue weighted by molar-refractivity contribution is 6.30. The highest BCUT2D eigenvalue weighted by Gasteiger charge is 2.27. The summed E-state index contributed by atoms with van der Waals surface area (Å²) in [4.78, 5) is 33.4. The molecule has 2 fully saturated rings. The summed E-state index contributed by atoms with van der Waals surface area (Å²) in [6.45, 7) is 7.85. The molecular weight excluding hydrogens is 404 g/mol. The van der Waals surface area contributed by atoms with Gasteiger partial charge in [-0.05, 0) is 37.3 Å². The molecule has 4 rings (SSSR count). The number of rotatable bonds is 4. The number of amides is 2. The van der Waals surface area contributed by atoms with Gasteiger partial charge in [0.2, 0.25) is 5.91 Å². The molecule has 0 saturated carbocycles. The summed E-state index contributed by atoms with van der Waals surface area (Å²) >= 11 is 6.09. The maximum atomic E-state index is 12.8. The van der Waals surface area contributed by atoms with E-state index in [1.807, 2.05) is 36.1 Å². The first-order valence-electron chi connectivity index (χ1n) is 10.4. The van der Waals surface area contributed by atoms with E-state index in [1.54, 1.807) is 17.0 Å². The van der Waals surface area contributed by atoms with Crippen molar-refractivity contribution < 1.29 is 14.0 Å². The van der Waals surface area contributed by atoms with Gasteiger partial charge in [-0.15, -0.1) is 0 Å². The third-order valence-corrected chi connectivity index (χ3v) is 6.01. The highest BCUT2D eigenvalue weighted by Crippen LogP contribution is 2.21.